The minimum atomic E-state index is 0.378. The van der Waals surface area contributed by atoms with E-state index in [4.69, 9.17) is 16.3 Å². The van der Waals surface area contributed by atoms with Crippen molar-refractivity contribution in [3.8, 4) is 5.75 Å². The van der Waals surface area contributed by atoms with Crippen LogP contribution in [0.4, 0.5) is 0 Å². The van der Waals surface area contributed by atoms with Crippen LogP contribution < -0.4 is 4.74 Å². The molecule has 0 aliphatic carbocycles. The first-order chi connectivity index (χ1) is 11.2. The molecule has 4 heteroatoms. The number of rotatable bonds is 3. The molecule has 3 nitrogen and oxygen atoms in total. The molecule has 1 aromatic heterocycles. The van der Waals surface area contributed by atoms with E-state index >= 15 is 0 Å². The Hall–Kier alpha value is -2.52. The van der Waals surface area contributed by atoms with E-state index in [-0.39, 0.29) is 0 Å². The van der Waals surface area contributed by atoms with Crippen molar-refractivity contribution >= 4 is 33.4 Å². The zero-order valence-electron chi connectivity index (χ0n) is 12.7. The van der Waals surface area contributed by atoms with Crippen molar-refractivity contribution in [3.05, 3.63) is 71.5 Å². The van der Waals surface area contributed by atoms with E-state index in [0.717, 1.165) is 27.6 Å². The Kier molecular flexibility index (Phi) is 3.43. The molecule has 0 atom stereocenters. The summed E-state index contributed by atoms with van der Waals surface area (Å²) in [6.45, 7) is 0.378. The molecule has 0 radical (unpaired) electrons. The van der Waals surface area contributed by atoms with Crippen molar-refractivity contribution in [2.75, 3.05) is 0 Å². The summed E-state index contributed by atoms with van der Waals surface area (Å²) in [5.74, 6) is 1.55. The summed E-state index contributed by atoms with van der Waals surface area (Å²) in [6, 6.07) is 20.0. The number of aromatic nitrogens is 2. The van der Waals surface area contributed by atoms with E-state index in [1.807, 2.05) is 66.2 Å². The highest BCUT2D eigenvalue weighted by atomic mass is 35.5. The first kappa shape index (κ1) is 14.1. The molecule has 0 aliphatic heterocycles. The largest absolute Gasteiger partial charge is 0.484 e. The van der Waals surface area contributed by atoms with Crippen LogP contribution in [0.25, 0.3) is 21.8 Å². The maximum atomic E-state index is 6.47. The van der Waals surface area contributed by atoms with Gasteiger partial charge in [-0.1, -0.05) is 54.1 Å². The van der Waals surface area contributed by atoms with Gasteiger partial charge in [0.25, 0.3) is 0 Å². The number of halogens is 1. The summed E-state index contributed by atoms with van der Waals surface area (Å²) in [4.78, 5) is 4.61. The Bertz CT molecular complexity index is 1010. The summed E-state index contributed by atoms with van der Waals surface area (Å²) >= 11 is 6.47. The smallest absolute Gasteiger partial charge is 0.147 e. The van der Waals surface area contributed by atoms with Crippen LogP contribution in [0, 0.1) is 0 Å². The highest BCUT2D eigenvalue weighted by molar-refractivity contribution is 6.37. The van der Waals surface area contributed by atoms with Gasteiger partial charge in [0.1, 0.15) is 18.2 Å². The van der Waals surface area contributed by atoms with Crippen LogP contribution in [0.2, 0.25) is 5.02 Å². The molecule has 0 N–H and O–H groups in total. The number of hydrogen-bond acceptors (Lipinski definition) is 2. The average molecular weight is 323 g/mol. The third-order valence-electron chi connectivity index (χ3n) is 4.06. The molecule has 0 aliphatic rings. The van der Waals surface area contributed by atoms with E-state index in [1.54, 1.807) is 0 Å². The maximum Gasteiger partial charge on any atom is 0.147 e. The highest BCUT2D eigenvalue weighted by Gasteiger charge is 2.10. The normalized spacial score (nSPS) is 11.2. The standard InChI is InChI=1S/C19H15ClN2O/c1-22-16-9-5-4-8-15(16)21-18(22)12-23-17-11-10-13-6-2-3-7-14(13)19(17)20/h2-11H,12H2,1H3. The molecule has 0 spiro atoms. The van der Waals surface area contributed by atoms with E-state index in [0.29, 0.717) is 17.4 Å². The predicted molar refractivity (Wildman–Crippen MR) is 94.0 cm³/mol. The number of fused-ring (bicyclic) bond motifs is 2. The second-order valence-corrected chi connectivity index (χ2v) is 5.84. The fraction of sp³-hybridized carbons (Fsp3) is 0.105. The second-order valence-electron chi connectivity index (χ2n) is 5.46. The lowest BCUT2D eigenvalue weighted by atomic mass is 10.1. The zero-order chi connectivity index (χ0) is 15.8. The lowest BCUT2D eigenvalue weighted by molar-refractivity contribution is 0.293. The quantitative estimate of drug-likeness (QED) is 0.533. The molecular formula is C19H15ClN2O. The first-order valence-electron chi connectivity index (χ1n) is 7.44. The number of nitrogens with zero attached hydrogens (tertiary/aromatic N) is 2. The van der Waals surface area contributed by atoms with Crippen LogP contribution >= 0.6 is 11.6 Å². The maximum absolute atomic E-state index is 6.47. The van der Waals surface area contributed by atoms with Gasteiger partial charge in [-0.15, -0.1) is 0 Å². The molecule has 0 amide bonds. The summed E-state index contributed by atoms with van der Waals surface area (Å²) in [5, 5.41) is 2.74. The van der Waals surface area contributed by atoms with Gasteiger partial charge in [-0.3, -0.25) is 0 Å². The third-order valence-corrected chi connectivity index (χ3v) is 4.45. The SMILES string of the molecule is Cn1c(COc2ccc3ccccc3c2Cl)nc2ccccc21. The molecular weight excluding hydrogens is 308 g/mol. The second kappa shape index (κ2) is 5.60. The third kappa shape index (κ3) is 2.43. The molecule has 3 aromatic carbocycles. The van der Waals surface area contributed by atoms with E-state index in [9.17, 15) is 0 Å². The Labute approximate surface area is 139 Å². The Morgan fingerprint density at radius 1 is 1.00 bits per heavy atom. The van der Waals surface area contributed by atoms with Gasteiger partial charge in [-0.05, 0) is 23.6 Å². The Morgan fingerprint density at radius 3 is 2.65 bits per heavy atom. The summed E-state index contributed by atoms with van der Waals surface area (Å²) in [6.07, 6.45) is 0. The number of para-hydroxylation sites is 2. The van der Waals surface area contributed by atoms with Gasteiger partial charge in [-0.2, -0.15) is 0 Å². The lowest BCUT2D eigenvalue weighted by Crippen LogP contribution is -2.03. The molecule has 0 unspecified atom stereocenters. The molecule has 4 aromatic rings. The van der Waals surface area contributed by atoms with Crippen molar-refractivity contribution in [1.82, 2.24) is 9.55 Å². The van der Waals surface area contributed by atoms with E-state index < -0.39 is 0 Å². The number of benzene rings is 3. The van der Waals surface area contributed by atoms with Crippen LogP contribution in [-0.4, -0.2) is 9.55 Å². The van der Waals surface area contributed by atoms with Crippen LogP contribution in [0.3, 0.4) is 0 Å². The fourth-order valence-corrected chi connectivity index (χ4v) is 3.08. The minimum Gasteiger partial charge on any atom is -0.484 e. The molecule has 23 heavy (non-hydrogen) atoms. The summed E-state index contributed by atoms with van der Waals surface area (Å²) in [7, 11) is 2.00. The Morgan fingerprint density at radius 2 is 1.78 bits per heavy atom. The van der Waals surface area contributed by atoms with Gasteiger partial charge in [-0.25, -0.2) is 4.98 Å². The molecule has 4 rings (SSSR count). The number of imidazole rings is 1. The number of ether oxygens (including phenoxy) is 1. The van der Waals surface area contributed by atoms with Crippen LogP contribution in [-0.2, 0) is 13.7 Å². The van der Waals surface area contributed by atoms with E-state index in [1.165, 1.54) is 0 Å². The topological polar surface area (TPSA) is 27.1 Å². The summed E-state index contributed by atoms with van der Waals surface area (Å²) < 4.78 is 7.97. The Balaban J connectivity index is 1.66. The van der Waals surface area contributed by atoms with Gasteiger partial charge in [0.2, 0.25) is 0 Å². The van der Waals surface area contributed by atoms with Crippen molar-refractivity contribution < 1.29 is 4.74 Å². The monoisotopic (exact) mass is 322 g/mol. The van der Waals surface area contributed by atoms with Crippen molar-refractivity contribution in [2.24, 2.45) is 7.05 Å². The molecule has 1 heterocycles. The van der Waals surface area contributed by atoms with Gasteiger partial charge < -0.3 is 9.30 Å². The molecule has 0 bridgehead atoms. The highest BCUT2D eigenvalue weighted by Crippen LogP contribution is 2.33. The van der Waals surface area contributed by atoms with Gasteiger partial charge in [0, 0.05) is 12.4 Å². The average Bonchev–Trinajstić information content (AvgIpc) is 2.91. The van der Waals surface area contributed by atoms with Gasteiger partial charge in [0.15, 0.2) is 0 Å². The first-order valence-corrected chi connectivity index (χ1v) is 7.82. The van der Waals surface area contributed by atoms with Crippen molar-refractivity contribution in [1.29, 1.82) is 0 Å². The minimum absolute atomic E-state index is 0.378. The van der Waals surface area contributed by atoms with Crippen molar-refractivity contribution in [2.45, 2.75) is 6.61 Å². The zero-order valence-corrected chi connectivity index (χ0v) is 13.4. The van der Waals surface area contributed by atoms with Crippen molar-refractivity contribution in [3.63, 3.8) is 0 Å². The fourth-order valence-electron chi connectivity index (χ4n) is 2.79. The van der Waals surface area contributed by atoms with Crippen LogP contribution in [0.1, 0.15) is 5.82 Å². The number of aryl methyl sites for hydroxylation is 1. The van der Waals surface area contributed by atoms with Crippen LogP contribution in [0.15, 0.2) is 60.7 Å². The van der Waals surface area contributed by atoms with Crippen LogP contribution in [0.5, 0.6) is 5.75 Å². The molecule has 0 saturated carbocycles. The molecule has 114 valence electrons. The lowest BCUT2D eigenvalue weighted by Gasteiger charge is -2.10. The van der Waals surface area contributed by atoms with Gasteiger partial charge in [0.05, 0.1) is 16.1 Å². The van der Waals surface area contributed by atoms with Gasteiger partial charge >= 0.3 is 0 Å². The number of hydrogen-bond donors (Lipinski definition) is 0. The predicted octanol–water partition coefficient (Wildman–Crippen LogP) is 4.96. The summed E-state index contributed by atoms with van der Waals surface area (Å²) in [5.41, 5.74) is 2.06. The molecule has 0 saturated heterocycles. The van der Waals surface area contributed by atoms with E-state index in [2.05, 4.69) is 11.1 Å². The molecule has 0 fully saturated rings.